The number of aryl methyl sites for hydroxylation is 1. The number of carbonyl (C=O) groups is 1. The van der Waals surface area contributed by atoms with Crippen LogP contribution >= 0.6 is 0 Å². The van der Waals surface area contributed by atoms with Gasteiger partial charge in [-0.1, -0.05) is 38.1 Å². The van der Waals surface area contributed by atoms with Gasteiger partial charge >= 0.3 is 0 Å². The summed E-state index contributed by atoms with van der Waals surface area (Å²) in [7, 11) is 0. The minimum absolute atomic E-state index is 0.00710. The highest BCUT2D eigenvalue weighted by Crippen LogP contribution is 2.25. The van der Waals surface area contributed by atoms with Crippen molar-refractivity contribution in [1.82, 2.24) is 10.6 Å². The van der Waals surface area contributed by atoms with Crippen LogP contribution in [0.1, 0.15) is 37.8 Å². The second-order valence-electron chi connectivity index (χ2n) is 6.07. The third-order valence-corrected chi connectivity index (χ3v) is 3.96. The van der Waals surface area contributed by atoms with Crippen molar-refractivity contribution in [2.75, 3.05) is 13.1 Å². The summed E-state index contributed by atoms with van der Waals surface area (Å²) in [4.78, 5) is 12.0. The van der Waals surface area contributed by atoms with Crippen molar-refractivity contribution < 1.29 is 4.79 Å². The van der Waals surface area contributed by atoms with E-state index in [9.17, 15) is 4.79 Å². The number of carbonyl (C=O) groups excluding carboxylic acids is 1. The zero-order valence-corrected chi connectivity index (χ0v) is 12.1. The third kappa shape index (κ3) is 3.35. The predicted molar refractivity (Wildman–Crippen MR) is 78.2 cm³/mol. The lowest BCUT2D eigenvalue weighted by Crippen LogP contribution is -2.45. The van der Waals surface area contributed by atoms with Crippen LogP contribution in [0.2, 0.25) is 0 Å². The summed E-state index contributed by atoms with van der Waals surface area (Å²) in [6.07, 6.45) is 2.05. The molecule has 0 bridgehead atoms. The predicted octanol–water partition coefficient (Wildman–Crippen LogP) is 2.14. The Morgan fingerprint density at radius 1 is 1.42 bits per heavy atom. The molecule has 1 aromatic rings. The molecule has 1 atom stereocenters. The van der Waals surface area contributed by atoms with Gasteiger partial charge in [-0.25, -0.2) is 0 Å². The molecule has 2 rings (SSSR count). The summed E-state index contributed by atoms with van der Waals surface area (Å²) in [5, 5.41) is 6.32. The van der Waals surface area contributed by atoms with Crippen LogP contribution in [-0.4, -0.2) is 25.0 Å². The molecule has 0 spiro atoms. The van der Waals surface area contributed by atoms with Crippen molar-refractivity contribution in [2.24, 2.45) is 0 Å². The maximum absolute atomic E-state index is 12.0. The molecule has 0 radical (unpaired) electrons. The van der Waals surface area contributed by atoms with Gasteiger partial charge in [-0.05, 0) is 37.4 Å². The van der Waals surface area contributed by atoms with E-state index in [1.807, 2.05) is 0 Å². The second kappa shape index (κ2) is 5.74. The van der Waals surface area contributed by atoms with E-state index in [4.69, 9.17) is 0 Å². The quantitative estimate of drug-likeness (QED) is 0.871. The maximum atomic E-state index is 12.0. The smallest absolute Gasteiger partial charge is 0.237 e. The standard InChI is InChI=1S/C16H24N2O/c1-12-7-4-5-8-13(12)16(2,3)11-18-15(19)14-9-6-10-17-14/h4-5,7-8,14,17H,6,9-11H2,1-3H3,(H,18,19). The van der Waals surface area contributed by atoms with Gasteiger partial charge in [0, 0.05) is 12.0 Å². The van der Waals surface area contributed by atoms with Crippen LogP contribution in [-0.2, 0) is 10.2 Å². The number of benzene rings is 1. The largest absolute Gasteiger partial charge is 0.354 e. The first-order chi connectivity index (χ1) is 9.00. The molecule has 1 heterocycles. The summed E-state index contributed by atoms with van der Waals surface area (Å²) in [5.41, 5.74) is 2.54. The van der Waals surface area contributed by atoms with E-state index in [2.05, 4.69) is 55.7 Å². The molecule has 1 saturated heterocycles. The number of nitrogens with one attached hydrogen (secondary N) is 2. The number of hydrogen-bond donors (Lipinski definition) is 2. The van der Waals surface area contributed by atoms with E-state index in [1.54, 1.807) is 0 Å². The molecule has 0 aliphatic carbocycles. The van der Waals surface area contributed by atoms with E-state index in [1.165, 1.54) is 11.1 Å². The summed E-state index contributed by atoms with van der Waals surface area (Å²) in [6.45, 7) is 8.11. The summed E-state index contributed by atoms with van der Waals surface area (Å²) >= 11 is 0. The molecule has 1 aliphatic heterocycles. The lowest BCUT2D eigenvalue weighted by molar-refractivity contribution is -0.123. The molecule has 19 heavy (non-hydrogen) atoms. The normalized spacial score (nSPS) is 19.4. The van der Waals surface area contributed by atoms with Gasteiger partial charge in [-0.2, -0.15) is 0 Å². The second-order valence-corrected chi connectivity index (χ2v) is 6.07. The Bertz CT molecular complexity index is 448. The van der Waals surface area contributed by atoms with Crippen molar-refractivity contribution in [3.63, 3.8) is 0 Å². The Balaban J connectivity index is 1.97. The van der Waals surface area contributed by atoms with Crippen LogP contribution in [0.15, 0.2) is 24.3 Å². The van der Waals surface area contributed by atoms with Crippen molar-refractivity contribution in [2.45, 2.75) is 45.1 Å². The number of rotatable bonds is 4. The summed E-state index contributed by atoms with van der Waals surface area (Å²) in [5.74, 6) is 0.138. The van der Waals surface area contributed by atoms with Crippen molar-refractivity contribution >= 4 is 5.91 Å². The molecular formula is C16H24N2O. The first-order valence-electron chi connectivity index (χ1n) is 7.08. The van der Waals surface area contributed by atoms with Gasteiger partial charge in [0.05, 0.1) is 6.04 Å². The molecule has 1 fully saturated rings. The topological polar surface area (TPSA) is 41.1 Å². The molecule has 3 heteroatoms. The third-order valence-electron chi connectivity index (χ3n) is 3.96. The van der Waals surface area contributed by atoms with Gasteiger partial charge in [-0.3, -0.25) is 4.79 Å². The van der Waals surface area contributed by atoms with E-state index in [0.29, 0.717) is 6.54 Å². The van der Waals surface area contributed by atoms with Crippen LogP contribution < -0.4 is 10.6 Å². The highest BCUT2D eigenvalue weighted by molar-refractivity contribution is 5.82. The van der Waals surface area contributed by atoms with E-state index < -0.39 is 0 Å². The Morgan fingerprint density at radius 2 is 2.16 bits per heavy atom. The van der Waals surface area contributed by atoms with Crippen molar-refractivity contribution in [3.05, 3.63) is 35.4 Å². The monoisotopic (exact) mass is 260 g/mol. The van der Waals surface area contributed by atoms with Crippen molar-refractivity contribution in [3.8, 4) is 0 Å². The Labute approximate surface area is 115 Å². The first kappa shape index (κ1) is 14.1. The fraction of sp³-hybridized carbons (Fsp3) is 0.562. The molecule has 1 unspecified atom stereocenters. The van der Waals surface area contributed by atoms with Gasteiger partial charge < -0.3 is 10.6 Å². The van der Waals surface area contributed by atoms with Crippen LogP contribution in [0.5, 0.6) is 0 Å². The molecular weight excluding hydrogens is 236 g/mol. The molecule has 3 nitrogen and oxygen atoms in total. The molecule has 1 aromatic carbocycles. The van der Waals surface area contributed by atoms with Gasteiger partial charge in [0.2, 0.25) is 5.91 Å². The van der Waals surface area contributed by atoms with Gasteiger partial charge in [-0.15, -0.1) is 0 Å². The average molecular weight is 260 g/mol. The van der Waals surface area contributed by atoms with E-state index >= 15 is 0 Å². The lowest BCUT2D eigenvalue weighted by Gasteiger charge is -2.28. The van der Waals surface area contributed by atoms with Crippen LogP contribution in [0.25, 0.3) is 0 Å². The summed E-state index contributed by atoms with van der Waals surface area (Å²) in [6, 6.07) is 8.39. The highest BCUT2D eigenvalue weighted by Gasteiger charge is 2.26. The molecule has 0 saturated carbocycles. The fourth-order valence-electron chi connectivity index (χ4n) is 2.77. The molecule has 104 valence electrons. The minimum atomic E-state index is -0.0421. The zero-order chi connectivity index (χ0) is 13.9. The zero-order valence-electron chi connectivity index (χ0n) is 12.1. The SMILES string of the molecule is Cc1ccccc1C(C)(C)CNC(=O)C1CCCN1. The Hall–Kier alpha value is -1.35. The first-order valence-corrected chi connectivity index (χ1v) is 7.08. The molecule has 2 N–H and O–H groups in total. The summed E-state index contributed by atoms with van der Waals surface area (Å²) < 4.78 is 0. The highest BCUT2D eigenvalue weighted by atomic mass is 16.2. The molecule has 0 aromatic heterocycles. The van der Waals surface area contributed by atoms with E-state index in [-0.39, 0.29) is 17.4 Å². The van der Waals surface area contributed by atoms with Gasteiger partial charge in [0.25, 0.3) is 0 Å². The molecule has 1 aliphatic rings. The van der Waals surface area contributed by atoms with Crippen molar-refractivity contribution in [1.29, 1.82) is 0 Å². The van der Waals surface area contributed by atoms with Crippen LogP contribution in [0.4, 0.5) is 0 Å². The molecule has 1 amide bonds. The minimum Gasteiger partial charge on any atom is -0.354 e. The van der Waals surface area contributed by atoms with Gasteiger partial charge in [0.1, 0.15) is 0 Å². The number of amides is 1. The van der Waals surface area contributed by atoms with Crippen LogP contribution in [0.3, 0.4) is 0 Å². The Morgan fingerprint density at radius 3 is 2.79 bits per heavy atom. The average Bonchev–Trinajstić information content (AvgIpc) is 2.90. The van der Waals surface area contributed by atoms with E-state index in [0.717, 1.165) is 19.4 Å². The van der Waals surface area contributed by atoms with Gasteiger partial charge in [0.15, 0.2) is 0 Å². The maximum Gasteiger partial charge on any atom is 0.237 e. The van der Waals surface area contributed by atoms with Crippen LogP contribution in [0, 0.1) is 6.92 Å². The Kier molecular flexibility index (Phi) is 4.25. The lowest BCUT2D eigenvalue weighted by atomic mass is 9.82. The fourth-order valence-corrected chi connectivity index (χ4v) is 2.77. The number of hydrogen-bond acceptors (Lipinski definition) is 2.